The molecule has 3 atom stereocenters. The smallest absolute Gasteiger partial charge is 0.0834 e. The lowest BCUT2D eigenvalue weighted by molar-refractivity contribution is 0.180. The normalized spacial score (nSPS) is 24.2. The average molecular weight is 300 g/mol. The Hall–Kier alpha value is -0.580. The first kappa shape index (κ1) is 15.8. The zero-order valence-corrected chi connectivity index (χ0v) is 13.5. The van der Waals surface area contributed by atoms with Gasteiger partial charge in [0, 0.05) is 7.11 Å². The van der Waals surface area contributed by atoms with Gasteiger partial charge in [-0.05, 0) is 31.7 Å². The van der Waals surface area contributed by atoms with E-state index >= 15 is 0 Å². The van der Waals surface area contributed by atoms with Gasteiger partial charge in [-0.15, -0.1) is 0 Å². The molecule has 0 bridgehead atoms. The molecule has 1 aromatic heterocycles. The molecule has 114 valence electrons. The fourth-order valence-electron chi connectivity index (χ4n) is 3.42. The van der Waals surface area contributed by atoms with Crippen molar-refractivity contribution in [3.8, 4) is 0 Å². The number of halogens is 1. The highest BCUT2D eigenvalue weighted by molar-refractivity contribution is 6.31. The topological polar surface area (TPSA) is 39.1 Å². The lowest BCUT2D eigenvalue weighted by Gasteiger charge is -2.25. The predicted molar refractivity (Wildman–Crippen MR) is 82.0 cm³/mol. The third-order valence-electron chi connectivity index (χ3n) is 4.58. The van der Waals surface area contributed by atoms with Crippen molar-refractivity contribution in [2.45, 2.75) is 45.2 Å². The maximum Gasteiger partial charge on any atom is 0.0834 e. The van der Waals surface area contributed by atoms with Gasteiger partial charge in [0.15, 0.2) is 0 Å². The Morgan fingerprint density at radius 3 is 2.95 bits per heavy atom. The molecule has 1 heterocycles. The Balaban J connectivity index is 2.16. The van der Waals surface area contributed by atoms with Crippen molar-refractivity contribution in [3.63, 3.8) is 0 Å². The van der Waals surface area contributed by atoms with Gasteiger partial charge in [0.05, 0.1) is 36.1 Å². The second kappa shape index (κ2) is 7.43. The number of ether oxygens (including phenoxy) is 1. The maximum absolute atomic E-state index is 6.38. The highest BCUT2D eigenvalue weighted by Crippen LogP contribution is 2.41. The molecule has 1 fully saturated rings. The van der Waals surface area contributed by atoms with Gasteiger partial charge in [0.2, 0.25) is 0 Å². The molecule has 0 spiro atoms. The van der Waals surface area contributed by atoms with E-state index in [1.807, 2.05) is 11.7 Å². The Kier molecular flexibility index (Phi) is 5.87. The van der Waals surface area contributed by atoms with E-state index < -0.39 is 0 Å². The van der Waals surface area contributed by atoms with Gasteiger partial charge < -0.3 is 10.1 Å². The molecule has 0 saturated heterocycles. The molecule has 20 heavy (non-hydrogen) atoms. The van der Waals surface area contributed by atoms with Crippen LogP contribution in [0.3, 0.4) is 0 Å². The zero-order chi connectivity index (χ0) is 14.5. The van der Waals surface area contributed by atoms with Gasteiger partial charge in [-0.1, -0.05) is 31.4 Å². The minimum Gasteiger partial charge on any atom is -0.383 e. The van der Waals surface area contributed by atoms with Gasteiger partial charge >= 0.3 is 0 Å². The Bertz CT molecular complexity index is 421. The molecule has 5 heteroatoms. The van der Waals surface area contributed by atoms with Crippen LogP contribution in [0, 0.1) is 11.8 Å². The van der Waals surface area contributed by atoms with Gasteiger partial charge in [-0.2, -0.15) is 5.10 Å². The van der Waals surface area contributed by atoms with Crippen LogP contribution in [0.5, 0.6) is 0 Å². The van der Waals surface area contributed by atoms with Crippen molar-refractivity contribution >= 4 is 11.6 Å². The van der Waals surface area contributed by atoms with Crippen molar-refractivity contribution in [1.82, 2.24) is 15.1 Å². The minimum atomic E-state index is 0.290. The van der Waals surface area contributed by atoms with E-state index in [9.17, 15) is 0 Å². The van der Waals surface area contributed by atoms with E-state index in [-0.39, 0.29) is 0 Å². The number of nitrogens with zero attached hydrogens (tertiary/aromatic N) is 2. The molecule has 0 aliphatic heterocycles. The summed E-state index contributed by atoms with van der Waals surface area (Å²) in [6.07, 6.45) is 6.93. The van der Waals surface area contributed by atoms with Crippen LogP contribution < -0.4 is 5.32 Å². The molecule has 0 aromatic carbocycles. The predicted octanol–water partition coefficient (Wildman–Crippen LogP) is 3.27. The van der Waals surface area contributed by atoms with E-state index in [0.717, 1.165) is 23.2 Å². The van der Waals surface area contributed by atoms with Gasteiger partial charge in [-0.25, -0.2) is 0 Å². The summed E-state index contributed by atoms with van der Waals surface area (Å²) in [6, 6.07) is 0.290. The first-order chi connectivity index (χ1) is 9.71. The fourth-order valence-corrected chi connectivity index (χ4v) is 3.68. The maximum atomic E-state index is 6.38. The Labute approximate surface area is 126 Å². The SMILES string of the molecule is CCC1CCC(C(NC)c2c(Cl)cnn2CCOC)C1. The molecule has 3 unspecified atom stereocenters. The molecule has 4 nitrogen and oxygen atoms in total. The van der Waals surface area contributed by atoms with Crippen molar-refractivity contribution in [1.29, 1.82) is 0 Å². The quantitative estimate of drug-likeness (QED) is 0.840. The number of methoxy groups -OCH3 is 1. The monoisotopic (exact) mass is 299 g/mol. The number of nitrogens with one attached hydrogen (secondary N) is 1. The largest absolute Gasteiger partial charge is 0.383 e. The summed E-state index contributed by atoms with van der Waals surface area (Å²) in [5.74, 6) is 1.52. The highest BCUT2D eigenvalue weighted by atomic mass is 35.5. The summed E-state index contributed by atoms with van der Waals surface area (Å²) in [5.41, 5.74) is 1.12. The number of aromatic nitrogens is 2. The van der Waals surface area contributed by atoms with Gasteiger partial charge in [0.25, 0.3) is 0 Å². The van der Waals surface area contributed by atoms with Crippen LogP contribution in [-0.4, -0.2) is 30.5 Å². The first-order valence-electron chi connectivity index (χ1n) is 7.58. The molecule has 0 amide bonds. The summed E-state index contributed by atoms with van der Waals surface area (Å²) < 4.78 is 7.15. The third kappa shape index (κ3) is 3.35. The molecule has 1 aliphatic carbocycles. The van der Waals surface area contributed by atoms with Crippen molar-refractivity contribution < 1.29 is 4.74 Å². The van der Waals surface area contributed by atoms with Crippen LogP contribution in [0.1, 0.15) is 44.3 Å². The van der Waals surface area contributed by atoms with Crippen LogP contribution in [0.15, 0.2) is 6.20 Å². The molecule has 1 saturated carbocycles. The second-order valence-electron chi connectivity index (χ2n) is 5.71. The van der Waals surface area contributed by atoms with Crippen LogP contribution >= 0.6 is 11.6 Å². The Morgan fingerprint density at radius 1 is 1.55 bits per heavy atom. The summed E-state index contributed by atoms with van der Waals surface area (Å²) in [6.45, 7) is 3.70. The van der Waals surface area contributed by atoms with E-state index in [4.69, 9.17) is 16.3 Å². The Morgan fingerprint density at radius 2 is 2.35 bits per heavy atom. The van der Waals surface area contributed by atoms with E-state index in [0.29, 0.717) is 18.6 Å². The minimum absolute atomic E-state index is 0.290. The van der Waals surface area contributed by atoms with E-state index in [1.54, 1.807) is 13.3 Å². The summed E-state index contributed by atoms with van der Waals surface area (Å²) in [7, 11) is 3.73. The zero-order valence-electron chi connectivity index (χ0n) is 12.7. The third-order valence-corrected chi connectivity index (χ3v) is 4.87. The van der Waals surface area contributed by atoms with Crippen LogP contribution in [0.2, 0.25) is 5.02 Å². The van der Waals surface area contributed by atoms with Crippen LogP contribution in [0.4, 0.5) is 0 Å². The molecule has 1 N–H and O–H groups in total. The van der Waals surface area contributed by atoms with Crippen molar-refractivity contribution in [3.05, 3.63) is 16.9 Å². The average Bonchev–Trinajstić information content (AvgIpc) is 3.06. The van der Waals surface area contributed by atoms with Crippen LogP contribution in [-0.2, 0) is 11.3 Å². The van der Waals surface area contributed by atoms with E-state index in [2.05, 4.69) is 17.3 Å². The van der Waals surface area contributed by atoms with Crippen molar-refractivity contribution in [2.24, 2.45) is 11.8 Å². The standard InChI is InChI=1S/C15H26ClN3O/c1-4-11-5-6-12(9-11)14(17-2)15-13(16)10-18-19(15)7-8-20-3/h10-12,14,17H,4-9H2,1-3H3. The summed E-state index contributed by atoms with van der Waals surface area (Å²) >= 11 is 6.38. The lowest BCUT2D eigenvalue weighted by Crippen LogP contribution is -2.27. The highest BCUT2D eigenvalue weighted by Gasteiger charge is 2.33. The lowest BCUT2D eigenvalue weighted by atomic mass is 9.93. The van der Waals surface area contributed by atoms with E-state index in [1.165, 1.54) is 25.7 Å². The molecule has 0 radical (unpaired) electrons. The van der Waals surface area contributed by atoms with Gasteiger partial charge in [-0.3, -0.25) is 4.68 Å². The molecular weight excluding hydrogens is 274 g/mol. The molecule has 1 aromatic rings. The summed E-state index contributed by atoms with van der Waals surface area (Å²) in [4.78, 5) is 0. The molecule has 2 rings (SSSR count). The molecule has 1 aliphatic rings. The number of hydrogen-bond acceptors (Lipinski definition) is 3. The molecular formula is C15H26ClN3O. The first-order valence-corrected chi connectivity index (χ1v) is 7.96. The van der Waals surface area contributed by atoms with Crippen molar-refractivity contribution in [2.75, 3.05) is 20.8 Å². The van der Waals surface area contributed by atoms with Gasteiger partial charge in [0.1, 0.15) is 0 Å². The summed E-state index contributed by atoms with van der Waals surface area (Å²) in [5, 5.41) is 8.62. The second-order valence-corrected chi connectivity index (χ2v) is 6.11. The fraction of sp³-hybridized carbons (Fsp3) is 0.800. The van der Waals surface area contributed by atoms with Crippen LogP contribution in [0.25, 0.3) is 0 Å². The number of hydrogen-bond donors (Lipinski definition) is 1. The number of rotatable bonds is 7.